The lowest BCUT2D eigenvalue weighted by Crippen LogP contribution is -2.41. The van der Waals surface area contributed by atoms with Crippen molar-refractivity contribution in [1.82, 2.24) is 14.5 Å². The van der Waals surface area contributed by atoms with Crippen molar-refractivity contribution in [2.75, 3.05) is 31.6 Å². The molecule has 4 N–H and O–H groups in total. The quantitative estimate of drug-likeness (QED) is 0.624. The lowest BCUT2D eigenvalue weighted by Gasteiger charge is -2.27. The third-order valence-electron chi connectivity index (χ3n) is 4.72. The predicted octanol–water partition coefficient (Wildman–Crippen LogP) is 0.653. The van der Waals surface area contributed by atoms with Crippen LogP contribution >= 0.6 is 0 Å². The molecule has 0 spiro atoms. The first-order valence-corrected chi connectivity index (χ1v) is 10.6. The van der Waals surface area contributed by atoms with Crippen LogP contribution in [0.4, 0.5) is 5.69 Å². The summed E-state index contributed by atoms with van der Waals surface area (Å²) in [5.41, 5.74) is 6.56. The molecule has 1 aliphatic rings. The molecular weight excluding hydrogens is 398 g/mol. The van der Waals surface area contributed by atoms with Crippen LogP contribution in [0.15, 0.2) is 23.1 Å². The lowest BCUT2D eigenvalue weighted by molar-refractivity contribution is 0.0730. The van der Waals surface area contributed by atoms with Gasteiger partial charge in [0.25, 0.3) is 11.8 Å². The summed E-state index contributed by atoms with van der Waals surface area (Å²) in [6, 6.07) is 4.53. The summed E-state index contributed by atoms with van der Waals surface area (Å²) in [6.07, 6.45) is 0.494. The minimum Gasteiger partial charge on any atom is -0.379 e. The fourth-order valence-corrected chi connectivity index (χ4v) is 4.83. The summed E-state index contributed by atoms with van der Waals surface area (Å²) < 4.78 is 32.8. The van der Waals surface area contributed by atoms with E-state index in [9.17, 15) is 18.0 Å². The van der Waals surface area contributed by atoms with E-state index in [1.54, 1.807) is 19.1 Å². The lowest BCUT2D eigenvalue weighted by atomic mass is 10.1. The van der Waals surface area contributed by atoms with Gasteiger partial charge >= 0.3 is 0 Å². The maximum absolute atomic E-state index is 13.1. The van der Waals surface area contributed by atoms with Gasteiger partial charge in [0.2, 0.25) is 10.0 Å². The number of carbonyl (C=O) groups excluding carboxylic acids is 2. The maximum Gasteiger partial charge on any atom is 0.271 e. The van der Waals surface area contributed by atoms with Crippen LogP contribution in [0.2, 0.25) is 0 Å². The average molecular weight is 421 g/mol. The van der Waals surface area contributed by atoms with Crippen LogP contribution in [0.1, 0.15) is 39.0 Å². The molecule has 11 heteroatoms. The molecule has 2 amide bonds. The minimum absolute atomic E-state index is 0.0913. The van der Waals surface area contributed by atoms with E-state index in [0.717, 1.165) is 0 Å². The molecule has 2 heterocycles. The van der Waals surface area contributed by atoms with Crippen molar-refractivity contribution in [2.24, 2.45) is 5.73 Å². The van der Waals surface area contributed by atoms with Gasteiger partial charge in [0.05, 0.1) is 29.5 Å². The molecule has 156 valence electrons. The summed E-state index contributed by atoms with van der Waals surface area (Å²) in [4.78, 5) is 24.3. The second-order valence-electron chi connectivity index (χ2n) is 6.58. The number of carbonyl (C=O) groups is 2. The van der Waals surface area contributed by atoms with Crippen LogP contribution in [-0.2, 0) is 21.2 Å². The smallest absolute Gasteiger partial charge is 0.271 e. The first kappa shape index (κ1) is 21.0. The van der Waals surface area contributed by atoms with E-state index in [0.29, 0.717) is 30.9 Å². The van der Waals surface area contributed by atoms with E-state index in [-0.39, 0.29) is 34.9 Å². The molecular formula is C18H23N5O5S. The number of anilines is 1. The standard InChI is InChI=1S/C18H23N5O5S/c1-3-12-4-5-13(10-14(12)29(26,27)23-6-8-28-9-7-23)18(25)20-15-11(2)21-22-16(15)17(19)24/h4-5,10H,3,6-9H2,1-2H3,(H2,19,24)(H,20,25)(H,21,22). The highest BCUT2D eigenvalue weighted by Gasteiger charge is 2.29. The number of primary amides is 1. The van der Waals surface area contributed by atoms with Gasteiger partial charge in [-0.3, -0.25) is 14.7 Å². The first-order valence-electron chi connectivity index (χ1n) is 9.12. The van der Waals surface area contributed by atoms with Crippen LogP contribution in [0.5, 0.6) is 0 Å². The van der Waals surface area contributed by atoms with Gasteiger partial charge in [0.15, 0.2) is 5.69 Å². The Morgan fingerprint density at radius 2 is 2.00 bits per heavy atom. The van der Waals surface area contributed by atoms with Crippen molar-refractivity contribution in [2.45, 2.75) is 25.2 Å². The third kappa shape index (κ3) is 4.16. The molecule has 0 saturated carbocycles. The Bertz CT molecular complexity index is 1040. The van der Waals surface area contributed by atoms with Crippen molar-refractivity contribution < 1.29 is 22.7 Å². The summed E-state index contributed by atoms with van der Waals surface area (Å²) in [7, 11) is -3.77. The van der Waals surface area contributed by atoms with E-state index in [1.807, 2.05) is 6.92 Å². The molecule has 3 rings (SSSR count). The number of ether oxygens (including phenoxy) is 1. The molecule has 1 fully saturated rings. The van der Waals surface area contributed by atoms with Crippen LogP contribution in [-0.4, -0.2) is 61.0 Å². The fourth-order valence-electron chi connectivity index (χ4n) is 3.10. The Morgan fingerprint density at radius 3 is 2.62 bits per heavy atom. The first-order chi connectivity index (χ1) is 13.8. The zero-order valence-electron chi connectivity index (χ0n) is 16.2. The van der Waals surface area contributed by atoms with Gasteiger partial charge < -0.3 is 15.8 Å². The molecule has 2 aromatic rings. The number of sulfonamides is 1. The fraction of sp³-hybridized carbons (Fsp3) is 0.389. The second-order valence-corrected chi connectivity index (χ2v) is 8.49. The van der Waals surface area contributed by atoms with Crippen molar-refractivity contribution in [3.63, 3.8) is 0 Å². The van der Waals surface area contributed by atoms with Crippen LogP contribution in [0, 0.1) is 6.92 Å². The Labute approximate surface area is 168 Å². The number of hydrogen-bond donors (Lipinski definition) is 3. The number of morpholine rings is 1. The third-order valence-corrected chi connectivity index (χ3v) is 6.70. The second kappa shape index (κ2) is 8.31. The summed E-state index contributed by atoms with van der Waals surface area (Å²) in [5.74, 6) is -1.36. The number of nitrogens with two attached hydrogens (primary N) is 1. The molecule has 0 unspecified atom stereocenters. The summed E-state index contributed by atoms with van der Waals surface area (Å²) in [5, 5.41) is 8.96. The highest BCUT2D eigenvalue weighted by atomic mass is 32.2. The van der Waals surface area contributed by atoms with Gasteiger partial charge in [-0.05, 0) is 31.0 Å². The Hall–Kier alpha value is -2.76. The molecule has 10 nitrogen and oxygen atoms in total. The van der Waals surface area contributed by atoms with Gasteiger partial charge in [-0.15, -0.1) is 0 Å². The summed E-state index contributed by atoms with van der Waals surface area (Å²) in [6.45, 7) is 4.66. The van der Waals surface area contributed by atoms with E-state index >= 15 is 0 Å². The number of amides is 2. The normalized spacial score (nSPS) is 15.2. The SMILES string of the molecule is CCc1ccc(C(=O)Nc2c(C(N)=O)n[nH]c2C)cc1S(=O)(=O)N1CCOCC1. The largest absolute Gasteiger partial charge is 0.379 e. The molecule has 0 radical (unpaired) electrons. The zero-order chi connectivity index (χ0) is 21.2. The highest BCUT2D eigenvalue weighted by Crippen LogP contribution is 2.25. The number of nitrogens with zero attached hydrogens (tertiary/aromatic N) is 2. The van der Waals surface area contributed by atoms with Crippen LogP contribution < -0.4 is 11.1 Å². The van der Waals surface area contributed by atoms with E-state index < -0.39 is 21.8 Å². The van der Waals surface area contributed by atoms with Crippen molar-refractivity contribution >= 4 is 27.5 Å². The predicted molar refractivity (Wildman–Crippen MR) is 105 cm³/mol. The molecule has 0 aliphatic carbocycles. The van der Waals surface area contributed by atoms with E-state index in [4.69, 9.17) is 10.5 Å². The monoisotopic (exact) mass is 421 g/mol. The number of rotatable bonds is 6. The Morgan fingerprint density at radius 1 is 1.31 bits per heavy atom. The zero-order valence-corrected chi connectivity index (χ0v) is 17.0. The molecule has 1 aromatic heterocycles. The van der Waals surface area contributed by atoms with Crippen molar-refractivity contribution in [1.29, 1.82) is 0 Å². The average Bonchev–Trinajstić information content (AvgIpc) is 3.08. The van der Waals surface area contributed by atoms with Crippen molar-refractivity contribution in [3.05, 3.63) is 40.7 Å². The highest BCUT2D eigenvalue weighted by molar-refractivity contribution is 7.89. The van der Waals surface area contributed by atoms with E-state index in [2.05, 4.69) is 15.5 Å². The topological polar surface area (TPSA) is 147 Å². The Balaban J connectivity index is 1.95. The van der Waals surface area contributed by atoms with Gasteiger partial charge in [0, 0.05) is 18.7 Å². The summed E-state index contributed by atoms with van der Waals surface area (Å²) >= 11 is 0. The van der Waals surface area contributed by atoms with Crippen LogP contribution in [0.3, 0.4) is 0 Å². The number of H-pyrrole nitrogens is 1. The molecule has 0 atom stereocenters. The van der Waals surface area contributed by atoms with Gasteiger partial charge in [0.1, 0.15) is 0 Å². The molecule has 0 bridgehead atoms. The maximum atomic E-state index is 13.1. The Kier molecular flexibility index (Phi) is 6.01. The van der Waals surface area contributed by atoms with Gasteiger partial charge in [-0.2, -0.15) is 9.40 Å². The number of hydrogen-bond acceptors (Lipinski definition) is 6. The van der Waals surface area contributed by atoms with Crippen molar-refractivity contribution in [3.8, 4) is 0 Å². The molecule has 1 aromatic carbocycles. The minimum atomic E-state index is -3.77. The molecule has 29 heavy (non-hydrogen) atoms. The number of aromatic nitrogens is 2. The van der Waals surface area contributed by atoms with Gasteiger partial charge in [-0.1, -0.05) is 13.0 Å². The van der Waals surface area contributed by atoms with Gasteiger partial charge in [-0.25, -0.2) is 8.42 Å². The number of benzene rings is 1. The number of aromatic amines is 1. The number of aryl methyl sites for hydroxylation is 2. The number of nitrogens with one attached hydrogen (secondary N) is 2. The van der Waals surface area contributed by atoms with Crippen LogP contribution in [0.25, 0.3) is 0 Å². The van der Waals surface area contributed by atoms with E-state index in [1.165, 1.54) is 10.4 Å². The molecule has 1 aliphatic heterocycles. The molecule has 1 saturated heterocycles.